The number of fused-ring (bicyclic) bond motifs is 1. The molecule has 2 aliphatic heterocycles. The molecular formula is C21H25FN6O5. The molecule has 1 saturated heterocycles. The number of hydrogen-bond donors (Lipinski definition) is 4. The zero-order valence-corrected chi connectivity index (χ0v) is 18.0. The Kier molecular flexibility index (Phi) is 6.56. The normalized spacial score (nSPS) is 17.6. The third kappa shape index (κ3) is 4.81. The van der Waals surface area contributed by atoms with Gasteiger partial charge in [-0.25, -0.2) is 23.9 Å². The number of aliphatic hydroxyl groups excluding tert-OH is 1. The number of halogens is 1. The van der Waals surface area contributed by atoms with Gasteiger partial charge in [0.25, 0.3) is 0 Å². The van der Waals surface area contributed by atoms with E-state index in [2.05, 4.69) is 20.5 Å². The first kappa shape index (κ1) is 22.7. The number of nitrogens with zero attached hydrogens (tertiary/aromatic N) is 4. The lowest BCUT2D eigenvalue weighted by Gasteiger charge is -2.35. The van der Waals surface area contributed by atoms with Crippen LogP contribution in [0, 0.1) is 5.82 Å². The number of aromatic nitrogens is 2. The number of anilines is 2. The molecule has 0 saturated carbocycles. The van der Waals surface area contributed by atoms with E-state index >= 15 is 0 Å². The Morgan fingerprint density at radius 2 is 2.12 bits per heavy atom. The van der Waals surface area contributed by atoms with E-state index in [-0.39, 0.29) is 43.8 Å². The largest absolute Gasteiger partial charge is 0.465 e. The molecule has 0 aliphatic carbocycles. The van der Waals surface area contributed by atoms with Crippen molar-refractivity contribution in [1.82, 2.24) is 20.2 Å². The first-order chi connectivity index (χ1) is 15.9. The summed E-state index contributed by atoms with van der Waals surface area (Å²) < 4.78 is 20.2. The molecule has 3 heterocycles. The van der Waals surface area contributed by atoms with Gasteiger partial charge in [-0.15, -0.1) is 0 Å². The predicted octanol–water partition coefficient (Wildman–Crippen LogP) is 1.62. The molecule has 1 aromatic heterocycles. The van der Waals surface area contributed by atoms with Crippen molar-refractivity contribution in [1.29, 1.82) is 0 Å². The van der Waals surface area contributed by atoms with Gasteiger partial charge in [0, 0.05) is 24.2 Å². The van der Waals surface area contributed by atoms with Crippen molar-refractivity contribution in [2.24, 2.45) is 0 Å². The molecule has 1 atom stereocenters. The van der Waals surface area contributed by atoms with Crippen LogP contribution < -0.4 is 15.5 Å². The zero-order chi connectivity index (χ0) is 23.5. The summed E-state index contributed by atoms with van der Waals surface area (Å²) in [5.74, 6) is 0.217. The Balaban J connectivity index is 1.68. The molecule has 176 valence electrons. The van der Waals surface area contributed by atoms with E-state index in [9.17, 15) is 19.1 Å². The number of hydrogen-bond acceptors (Lipinski definition) is 7. The highest BCUT2D eigenvalue weighted by molar-refractivity contribution is 5.89. The third-order valence-corrected chi connectivity index (χ3v) is 5.54. The number of nitrogens with one attached hydrogen (secondary N) is 2. The number of aliphatic hydroxyl groups is 1. The number of urea groups is 1. The number of carbonyl (C=O) groups excluding carboxylic acids is 1. The second-order valence-corrected chi connectivity index (χ2v) is 7.85. The van der Waals surface area contributed by atoms with Gasteiger partial charge in [0.1, 0.15) is 11.6 Å². The maximum absolute atomic E-state index is 14.7. The highest BCUT2D eigenvalue weighted by atomic mass is 19.1. The standard InChI is InChI=1S/C21H25FN6O5/c1-12-11-33-7-5-28(12)19-14-9-27(21(31)32)10-17(14)24-18(26-19)13-2-3-16(15(22)8-13)25-20(30)23-4-6-29/h2-3,8,12,29H,4-7,9-11H2,1H3,(H,31,32)(H2,23,25,30). The molecule has 12 heteroatoms. The van der Waals surface area contributed by atoms with Crippen molar-refractivity contribution in [3.8, 4) is 11.4 Å². The molecule has 1 unspecified atom stereocenters. The van der Waals surface area contributed by atoms with E-state index in [1.807, 2.05) is 6.92 Å². The van der Waals surface area contributed by atoms with Crippen molar-refractivity contribution in [2.75, 3.05) is 43.1 Å². The summed E-state index contributed by atoms with van der Waals surface area (Å²) in [6, 6.07) is 3.61. The van der Waals surface area contributed by atoms with Crippen LogP contribution in [0.4, 0.5) is 25.5 Å². The fraction of sp³-hybridized carbons (Fsp3) is 0.429. The molecule has 0 bridgehead atoms. The minimum atomic E-state index is -1.04. The molecule has 4 rings (SSSR count). The maximum atomic E-state index is 14.7. The summed E-state index contributed by atoms with van der Waals surface area (Å²) in [5.41, 5.74) is 1.69. The van der Waals surface area contributed by atoms with Crippen LogP contribution in [0.3, 0.4) is 0 Å². The topological polar surface area (TPSA) is 140 Å². The quantitative estimate of drug-likeness (QED) is 0.528. The lowest BCUT2D eigenvalue weighted by Crippen LogP contribution is -2.44. The molecule has 2 aliphatic rings. The number of carbonyl (C=O) groups is 2. The van der Waals surface area contributed by atoms with Crippen molar-refractivity contribution in [2.45, 2.75) is 26.1 Å². The van der Waals surface area contributed by atoms with Crippen LogP contribution in [0.2, 0.25) is 0 Å². The molecule has 3 amide bonds. The summed E-state index contributed by atoms with van der Waals surface area (Å²) in [6.45, 7) is 3.76. The Bertz CT molecular complexity index is 1070. The number of ether oxygens (including phenoxy) is 1. The minimum absolute atomic E-state index is 0.0326. The van der Waals surface area contributed by atoms with Gasteiger partial charge in [0.15, 0.2) is 5.82 Å². The van der Waals surface area contributed by atoms with Crippen molar-refractivity contribution in [3.05, 3.63) is 35.3 Å². The Labute approximate surface area is 189 Å². The highest BCUT2D eigenvalue weighted by Gasteiger charge is 2.32. The van der Waals surface area contributed by atoms with Crippen LogP contribution in [0.5, 0.6) is 0 Å². The summed E-state index contributed by atoms with van der Waals surface area (Å²) >= 11 is 0. The van der Waals surface area contributed by atoms with Crippen LogP contribution in [0.25, 0.3) is 11.4 Å². The fourth-order valence-corrected chi connectivity index (χ4v) is 3.87. The van der Waals surface area contributed by atoms with Gasteiger partial charge in [-0.3, -0.25) is 4.90 Å². The average Bonchev–Trinajstić information content (AvgIpc) is 3.23. The van der Waals surface area contributed by atoms with E-state index in [1.165, 1.54) is 17.0 Å². The SMILES string of the molecule is CC1COCCN1c1nc(-c2ccc(NC(=O)NCCO)c(F)c2)nc2c1CN(C(=O)O)C2. The van der Waals surface area contributed by atoms with Crippen molar-refractivity contribution >= 4 is 23.6 Å². The molecule has 0 radical (unpaired) electrons. The summed E-state index contributed by atoms with van der Waals surface area (Å²) in [4.78, 5) is 35.9. The highest BCUT2D eigenvalue weighted by Crippen LogP contribution is 2.34. The molecule has 1 fully saturated rings. The van der Waals surface area contributed by atoms with Crippen LogP contribution in [-0.2, 0) is 17.8 Å². The lowest BCUT2D eigenvalue weighted by molar-refractivity contribution is 0.0983. The number of benzene rings is 1. The van der Waals surface area contributed by atoms with Crippen molar-refractivity contribution in [3.63, 3.8) is 0 Å². The summed E-state index contributed by atoms with van der Waals surface area (Å²) in [7, 11) is 0. The Morgan fingerprint density at radius 3 is 2.82 bits per heavy atom. The number of rotatable bonds is 5. The van der Waals surface area contributed by atoms with Crippen molar-refractivity contribution < 1.29 is 28.9 Å². The first-order valence-corrected chi connectivity index (χ1v) is 10.5. The second-order valence-electron chi connectivity index (χ2n) is 7.85. The van der Waals surface area contributed by atoms with Crippen LogP contribution in [0.1, 0.15) is 18.2 Å². The minimum Gasteiger partial charge on any atom is -0.465 e. The zero-order valence-electron chi connectivity index (χ0n) is 18.0. The predicted molar refractivity (Wildman–Crippen MR) is 116 cm³/mol. The maximum Gasteiger partial charge on any atom is 0.407 e. The molecule has 4 N–H and O–H groups in total. The van der Waals surface area contributed by atoms with E-state index in [4.69, 9.17) is 14.8 Å². The Hall–Kier alpha value is -3.51. The monoisotopic (exact) mass is 460 g/mol. The smallest absolute Gasteiger partial charge is 0.407 e. The number of amides is 3. The van der Waals surface area contributed by atoms with Gasteiger partial charge < -0.3 is 30.5 Å². The summed E-state index contributed by atoms with van der Waals surface area (Å²) in [6.07, 6.45) is -1.04. The summed E-state index contributed by atoms with van der Waals surface area (Å²) in [5, 5.41) is 23.0. The molecule has 33 heavy (non-hydrogen) atoms. The number of morpholine rings is 1. The van der Waals surface area contributed by atoms with Gasteiger partial charge in [-0.1, -0.05) is 0 Å². The van der Waals surface area contributed by atoms with Gasteiger partial charge >= 0.3 is 12.1 Å². The second kappa shape index (κ2) is 9.55. The van der Waals surface area contributed by atoms with Crippen LogP contribution in [-0.4, -0.2) is 76.2 Å². The molecular weight excluding hydrogens is 435 g/mol. The van der Waals surface area contributed by atoms with Gasteiger partial charge in [-0.05, 0) is 25.1 Å². The molecule has 11 nitrogen and oxygen atoms in total. The van der Waals surface area contributed by atoms with E-state index in [0.29, 0.717) is 36.8 Å². The third-order valence-electron chi connectivity index (χ3n) is 5.54. The van der Waals surface area contributed by atoms with Crippen LogP contribution in [0.15, 0.2) is 18.2 Å². The van der Waals surface area contributed by atoms with Gasteiger partial charge in [0.05, 0.1) is 50.3 Å². The van der Waals surface area contributed by atoms with E-state index in [1.54, 1.807) is 6.07 Å². The van der Waals surface area contributed by atoms with Gasteiger partial charge in [-0.2, -0.15) is 0 Å². The van der Waals surface area contributed by atoms with E-state index < -0.39 is 17.9 Å². The van der Waals surface area contributed by atoms with Crippen LogP contribution >= 0.6 is 0 Å². The number of carboxylic acid groups (broad SMARTS) is 1. The fourth-order valence-electron chi connectivity index (χ4n) is 3.87. The molecule has 2 aromatic rings. The first-order valence-electron chi connectivity index (χ1n) is 10.5. The lowest BCUT2D eigenvalue weighted by atomic mass is 10.1. The molecule has 1 aromatic carbocycles. The Morgan fingerprint density at radius 1 is 1.30 bits per heavy atom. The average molecular weight is 460 g/mol. The molecule has 0 spiro atoms. The van der Waals surface area contributed by atoms with Gasteiger partial charge in [0.2, 0.25) is 0 Å². The van der Waals surface area contributed by atoms with E-state index in [0.717, 1.165) is 5.56 Å².